The molecule has 9 heteroatoms. The van der Waals surface area contributed by atoms with Crippen molar-refractivity contribution in [1.82, 2.24) is 15.0 Å². The molecule has 0 unspecified atom stereocenters. The number of anilines is 2. The van der Waals surface area contributed by atoms with Crippen molar-refractivity contribution in [3.8, 4) is 17.5 Å². The summed E-state index contributed by atoms with van der Waals surface area (Å²) in [5.74, 6) is -0.0371. The van der Waals surface area contributed by atoms with Gasteiger partial charge in [0.25, 0.3) is 11.5 Å². The molecule has 0 saturated heterocycles. The molecule has 0 saturated carbocycles. The predicted molar refractivity (Wildman–Crippen MR) is 141 cm³/mol. The van der Waals surface area contributed by atoms with Gasteiger partial charge in [-0.05, 0) is 48.0 Å². The maximum absolute atomic E-state index is 12.8. The highest BCUT2D eigenvalue weighted by molar-refractivity contribution is 6.08. The number of benzene rings is 3. The van der Waals surface area contributed by atoms with Gasteiger partial charge in [-0.25, -0.2) is 4.98 Å². The molecule has 0 aliphatic carbocycles. The van der Waals surface area contributed by atoms with Gasteiger partial charge in [0.2, 0.25) is 0 Å². The average Bonchev–Trinajstić information content (AvgIpc) is 3.37. The monoisotopic (exact) mass is 490 g/mol. The molecule has 2 aromatic heterocycles. The molecule has 0 bridgehead atoms. The van der Waals surface area contributed by atoms with Crippen molar-refractivity contribution in [2.75, 3.05) is 17.2 Å². The van der Waals surface area contributed by atoms with Crippen LogP contribution in [0.1, 0.15) is 27.6 Å². The average molecular weight is 491 g/mol. The lowest BCUT2D eigenvalue weighted by Crippen LogP contribution is -2.17. The van der Waals surface area contributed by atoms with Gasteiger partial charge in [-0.1, -0.05) is 36.4 Å². The molecule has 0 aliphatic rings. The van der Waals surface area contributed by atoms with Gasteiger partial charge in [0.1, 0.15) is 16.9 Å². The van der Waals surface area contributed by atoms with E-state index >= 15 is 0 Å². The van der Waals surface area contributed by atoms with Crippen LogP contribution in [0.15, 0.2) is 89.9 Å². The van der Waals surface area contributed by atoms with Crippen LogP contribution in [-0.2, 0) is 0 Å². The minimum Gasteiger partial charge on any atom is -0.387 e. The van der Waals surface area contributed by atoms with E-state index in [4.69, 9.17) is 5.26 Å². The van der Waals surface area contributed by atoms with Gasteiger partial charge < -0.3 is 25.7 Å². The molecule has 1 atom stereocenters. The number of H-pyrrole nitrogens is 2. The number of imidazole rings is 1. The third-order valence-electron chi connectivity index (χ3n) is 5.90. The van der Waals surface area contributed by atoms with Crippen molar-refractivity contribution in [2.45, 2.75) is 6.10 Å². The van der Waals surface area contributed by atoms with Crippen LogP contribution in [-0.4, -0.2) is 32.5 Å². The number of nitrogens with one attached hydrogen (secondary N) is 4. The van der Waals surface area contributed by atoms with Crippen molar-refractivity contribution in [2.24, 2.45) is 0 Å². The lowest BCUT2D eigenvalue weighted by atomic mass is 10.1. The number of rotatable bonds is 7. The molecule has 5 rings (SSSR count). The minimum absolute atomic E-state index is 0.187. The summed E-state index contributed by atoms with van der Waals surface area (Å²) in [7, 11) is 0. The summed E-state index contributed by atoms with van der Waals surface area (Å²) in [6.07, 6.45) is 0.752. The fourth-order valence-corrected chi connectivity index (χ4v) is 4.00. The van der Waals surface area contributed by atoms with Gasteiger partial charge in [0.05, 0.1) is 34.6 Å². The highest BCUT2D eigenvalue weighted by Crippen LogP contribution is 2.28. The zero-order chi connectivity index (χ0) is 25.8. The molecule has 0 spiro atoms. The SMILES string of the molecule is N#Cc1ccc(C(=O)Nc2cccc3[nH]c(-c4c(NC[C@@H](O)c5ccccc5)cc[nH]c4=O)nc23)cc1. The summed E-state index contributed by atoms with van der Waals surface area (Å²) in [5.41, 5.74) is 3.62. The third kappa shape index (κ3) is 4.96. The molecule has 0 fully saturated rings. The van der Waals surface area contributed by atoms with Gasteiger partial charge >= 0.3 is 0 Å². The molecule has 37 heavy (non-hydrogen) atoms. The van der Waals surface area contributed by atoms with Gasteiger partial charge in [0.15, 0.2) is 0 Å². The normalized spacial score (nSPS) is 11.6. The van der Waals surface area contributed by atoms with E-state index in [1.807, 2.05) is 36.4 Å². The van der Waals surface area contributed by atoms with E-state index in [9.17, 15) is 14.7 Å². The molecule has 0 radical (unpaired) electrons. The Bertz CT molecular complexity index is 1670. The zero-order valence-corrected chi connectivity index (χ0v) is 19.5. The molecule has 182 valence electrons. The number of aliphatic hydroxyl groups excluding tert-OH is 1. The lowest BCUT2D eigenvalue weighted by Gasteiger charge is -2.14. The highest BCUT2D eigenvalue weighted by atomic mass is 16.3. The zero-order valence-electron chi connectivity index (χ0n) is 19.5. The van der Waals surface area contributed by atoms with Crippen molar-refractivity contribution < 1.29 is 9.90 Å². The van der Waals surface area contributed by atoms with Crippen molar-refractivity contribution in [1.29, 1.82) is 5.26 Å². The number of carbonyl (C=O) groups excluding carboxylic acids is 1. The van der Waals surface area contributed by atoms with Gasteiger partial charge in [-0.3, -0.25) is 9.59 Å². The van der Waals surface area contributed by atoms with Gasteiger partial charge in [-0.15, -0.1) is 0 Å². The van der Waals surface area contributed by atoms with Crippen LogP contribution in [0.2, 0.25) is 0 Å². The Balaban J connectivity index is 1.43. The fourth-order valence-electron chi connectivity index (χ4n) is 4.00. The number of hydrogen-bond acceptors (Lipinski definition) is 6. The second-order valence-corrected chi connectivity index (χ2v) is 8.33. The van der Waals surface area contributed by atoms with E-state index in [0.29, 0.717) is 39.4 Å². The fraction of sp³-hybridized carbons (Fsp3) is 0.0714. The first-order chi connectivity index (χ1) is 18.0. The lowest BCUT2D eigenvalue weighted by molar-refractivity contribution is 0.102. The van der Waals surface area contributed by atoms with Crippen molar-refractivity contribution in [3.05, 3.63) is 112 Å². The Morgan fingerprint density at radius 3 is 2.54 bits per heavy atom. The summed E-state index contributed by atoms with van der Waals surface area (Å²) < 4.78 is 0. The van der Waals surface area contributed by atoms with Crippen LogP contribution < -0.4 is 16.2 Å². The first kappa shape index (κ1) is 23.5. The predicted octanol–water partition coefficient (Wildman–Crippen LogP) is 4.19. The van der Waals surface area contributed by atoms with Crippen molar-refractivity contribution in [3.63, 3.8) is 0 Å². The number of amides is 1. The molecular formula is C28H22N6O3. The molecule has 3 aromatic carbocycles. The smallest absolute Gasteiger partial charge is 0.261 e. The topological polar surface area (TPSA) is 147 Å². The number of aromatic amines is 2. The largest absolute Gasteiger partial charge is 0.387 e. The van der Waals surface area contributed by atoms with Crippen LogP contribution in [0, 0.1) is 11.3 Å². The summed E-state index contributed by atoms with van der Waals surface area (Å²) >= 11 is 0. The summed E-state index contributed by atoms with van der Waals surface area (Å²) in [5, 5.41) is 25.5. The van der Waals surface area contributed by atoms with E-state index in [2.05, 4.69) is 25.6 Å². The second-order valence-electron chi connectivity index (χ2n) is 8.33. The van der Waals surface area contributed by atoms with Crippen LogP contribution in [0.3, 0.4) is 0 Å². The first-order valence-electron chi connectivity index (χ1n) is 11.5. The quantitative estimate of drug-likeness (QED) is 0.231. The summed E-state index contributed by atoms with van der Waals surface area (Å²) in [6, 6.07) is 24.6. The van der Waals surface area contributed by atoms with Crippen molar-refractivity contribution >= 4 is 28.3 Å². The number of hydrogen-bond donors (Lipinski definition) is 5. The second kappa shape index (κ2) is 10.2. The minimum atomic E-state index is -0.770. The van der Waals surface area contributed by atoms with E-state index in [1.165, 1.54) is 6.20 Å². The Kier molecular flexibility index (Phi) is 6.48. The number of aliphatic hydroxyl groups is 1. The number of fused-ring (bicyclic) bond motifs is 1. The Morgan fingerprint density at radius 2 is 1.78 bits per heavy atom. The number of pyridine rings is 1. The molecule has 5 N–H and O–H groups in total. The molecule has 9 nitrogen and oxygen atoms in total. The van der Waals surface area contributed by atoms with Crippen LogP contribution in [0.4, 0.5) is 11.4 Å². The Morgan fingerprint density at radius 1 is 1.00 bits per heavy atom. The molecular weight excluding hydrogens is 468 g/mol. The van der Waals surface area contributed by atoms with Crippen LogP contribution in [0.5, 0.6) is 0 Å². The summed E-state index contributed by atoms with van der Waals surface area (Å²) in [4.78, 5) is 36.1. The number of nitrogens with zero attached hydrogens (tertiary/aromatic N) is 2. The maximum Gasteiger partial charge on any atom is 0.261 e. The number of aromatic nitrogens is 3. The number of carbonyl (C=O) groups is 1. The first-order valence-corrected chi connectivity index (χ1v) is 11.5. The molecule has 5 aromatic rings. The number of nitriles is 1. The standard InChI is InChI=1S/C28H22N6O3/c29-15-17-9-11-19(12-10-17)27(36)33-22-8-4-7-21-25(22)34-26(32-21)24-20(13-14-30-28(24)37)31-16-23(35)18-5-2-1-3-6-18/h1-14,23,35H,16H2,(H,32,34)(H,33,36)(H2,30,31,37)/t23-/m1/s1. The van der Waals surface area contributed by atoms with Crippen LogP contribution >= 0.6 is 0 Å². The van der Waals surface area contributed by atoms with Crippen LogP contribution in [0.25, 0.3) is 22.4 Å². The van der Waals surface area contributed by atoms with E-state index < -0.39 is 6.10 Å². The van der Waals surface area contributed by atoms with E-state index in [0.717, 1.165) is 5.56 Å². The highest BCUT2D eigenvalue weighted by Gasteiger charge is 2.18. The maximum atomic E-state index is 12.8. The summed E-state index contributed by atoms with van der Waals surface area (Å²) in [6.45, 7) is 0.187. The molecule has 2 heterocycles. The Labute approximate surface area is 211 Å². The van der Waals surface area contributed by atoms with Gasteiger partial charge in [-0.2, -0.15) is 5.26 Å². The van der Waals surface area contributed by atoms with E-state index in [1.54, 1.807) is 48.5 Å². The number of para-hydroxylation sites is 1. The molecule has 0 aliphatic heterocycles. The van der Waals surface area contributed by atoms with Gasteiger partial charge in [0, 0.05) is 18.3 Å². The third-order valence-corrected chi connectivity index (χ3v) is 5.90. The molecule has 1 amide bonds. The van der Waals surface area contributed by atoms with E-state index in [-0.39, 0.29) is 23.6 Å². The Hall–Kier alpha value is -5.20.